The Bertz CT molecular complexity index is 1310. The maximum Gasteiger partial charge on any atom is 0.192 e. The predicted octanol–water partition coefficient (Wildman–Crippen LogP) is 7.22. The molecule has 0 saturated heterocycles. The third-order valence-electron chi connectivity index (χ3n) is 5.45. The number of hydrogen-bond donors (Lipinski definition) is 2. The highest BCUT2D eigenvalue weighted by Crippen LogP contribution is 2.31. The molecule has 0 aliphatic carbocycles. The molecule has 168 valence electrons. The van der Waals surface area contributed by atoms with Crippen LogP contribution in [0.2, 0.25) is 5.02 Å². The SMILES string of the molecule is S=C(Nc1ccc(Oc2ccccc2)cc1)N1CC(c2ccc(Cl)cc2)=C(c2ccccc2)N1. The van der Waals surface area contributed by atoms with E-state index < -0.39 is 0 Å². The van der Waals surface area contributed by atoms with Crippen LogP contribution in [0.3, 0.4) is 0 Å². The molecule has 34 heavy (non-hydrogen) atoms. The summed E-state index contributed by atoms with van der Waals surface area (Å²) in [5.41, 5.74) is 8.74. The molecule has 6 heteroatoms. The van der Waals surface area contributed by atoms with Gasteiger partial charge in [0.05, 0.1) is 12.2 Å². The smallest absolute Gasteiger partial charge is 0.192 e. The Hall–Kier alpha value is -3.80. The zero-order valence-electron chi connectivity index (χ0n) is 18.2. The number of anilines is 1. The van der Waals surface area contributed by atoms with E-state index in [1.165, 1.54) is 0 Å². The summed E-state index contributed by atoms with van der Waals surface area (Å²) in [6, 6.07) is 35.6. The van der Waals surface area contributed by atoms with Crippen molar-refractivity contribution in [3.63, 3.8) is 0 Å². The molecule has 1 heterocycles. The van der Waals surface area contributed by atoms with Crippen LogP contribution in [0.15, 0.2) is 109 Å². The van der Waals surface area contributed by atoms with Gasteiger partial charge in [-0.15, -0.1) is 0 Å². The minimum Gasteiger partial charge on any atom is -0.457 e. The molecule has 0 amide bonds. The van der Waals surface area contributed by atoms with Crippen LogP contribution in [0.4, 0.5) is 5.69 Å². The Balaban J connectivity index is 1.30. The Morgan fingerprint density at radius 1 is 0.765 bits per heavy atom. The van der Waals surface area contributed by atoms with E-state index in [9.17, 15) is 0 Å². The second kappa shape index (κ2) is 10.00. The lowest BCUT2D eigenvalue weighted by Gasteiger charge is -2.22. The molecule has 4 aromatic rings. The third kappa shape index (κ3) is 5.06. The van der Waals surface area contributed by atoms with Gasteiger partial charge in [-0.25, -0.2) is 0 Å². The van der Waals surface area contributed by atoms with E-state index in [4.69, 9.17) is 28.6 Å². The summed E-state index contributed by atoms with van der Waals surface area (Å²) in [7, 11) is 0. The van der Waals surface area contributed by atoms with E-state index >= 15 is 0 Å². The van der Waals surface area contributed by atoms with Gasteiger partial charge >= 0.3 is 0 Å². The van der Waals surface area contributed by atoms with Gasteiger partial charge in [-0.1, -0.05) is 72.3 Å². The number of rotatable bonds is 5. The summed E-state index contributed by atoms with van der Waals surface area (Å²) >= 11 is 11.8. The molecule has 0 unspecified atom stereocenters. The first kappa shape index (κ1) is 22.0. The summed E-state index contributed by atoms with van der Waals surface area (Å²) in [5, 5.41) is 6.55. The number of ether oxygens (including phenoxy) is 1. The molecular weight excluding hydrogens is 462 g/mol. The van der Waals surface area contributed by atoms with Crippen molar-refractivity contribution in [2.24, 2.45) is 0 Å². The highest BCUT2D eigenvalue weighted by Gasteiger charge is 2.25. The molecule has 1 aliphatic heterocycles. The van der Waals surface area contributed by atoms with Crippen molar-refractivity contribution in [2.75, 3.05) is 11.9 Å². The van der Waals surface area contributed by atoms with Crippen molar-refractivity contribution < 1.29 is 4.74 Å². The average molecular weight is 484 g/mol. The molecular formula is C28H22ClN3OS. The molecule has 0 fully saturated rings. The molecule has 4 aromatic carbocycles. The summed E-state index contributed by atoms with van der Waals surface area (Å²) in [6.45, 7) is 0.618. The largest absolute Gasteiger partial charge is 0.457 e. The van der Waals surface area contributed by atoms with Crippen molar-refractivity contribution in [2.45, 2.75) is 0 Å². The van der Waals surface area contributed by atoms with Crippen LogP contribution in [0.5, 0.6) is 11.5 Å². The molecule has 4 nitrogen and oxygen atoms in total. The minimum atomic E-state index is 0.578. The van der Waals surface area contributed by atoms with E-state index in [-0.39, 0.29) is 0 Å². The zero-order chi connectivity index (χ0) is 23.3. The zero-order valence-corrected chi connectivity index (χ0v) is 19.8. The van der Waals surface area contributed by atoms with Crippen LogP contribution in [0.1, 0.15) is 11.1 Å². The summed E-state index contributed by atoms with van der Waals surface area (Å²) in [5.74, 6) is 1.56. The number of nitrogens with zero attached hydrogens (tertiary/aromatic N) is 1. The number of para-hydroxylation sites is 1. The molecule has 5 rings (SSSR count). The summed E-state index contributed by atoms with van der Waals surface area (Å²) < 4.78 is 5.87. The summed E-state index contributed by atoms with van der Waals surface area (Å²) in [6.07, 6.45) is 0. The average Bonchev–Trinajstić information content (AvgIpc) is 3.33. The first-order valence-corrected chi connectivity index (χ1v) is 11.7. The van der Waals surface area contributed by atoms with E-state index in [1.807, 2.05) is 102 Å². The van der Waals surface area contributed by atoms with Crippen molar-refractivity contribution >= 4 is 45.9 Å². The molecule has 1 aliphatic rings. The van der Waals surface area contributed by atoms with Gasteiger partial charge in [-0.2, -0.15) is 0 Å². The minimum absolute atomic E-state index is 0.578. The number of thiocarbonyl (C=S) groups is 1. The Labute approximate surface area is 209 Å². The van der Waals surface area contributed by atoms with Crippen molar-refractivity contribution in [1.29, 1.82) is 0 Å². The van der Waals surface area contributed by atoms with Crippen LogP contribution in [-0.4, -0.2) is 16.7 Å². The highest BCUT2D eigenvalue weighted by molar-refractivity contribution is 7.80. The standard InChI is InChI=1S/C28H22ClN3OS/c29-22-13-11-20(12-14-22)26-19-32(31-27(26)21-7-3-1-4-8-21)28(34)30-23-15-17-25(18-16-23)33-24-9-5-2-6-10-24/h1-18,31H,19H2,(H,30,34). The van der Waals surface area contributed by atoms with Crippen LogP contribution in [-0.2, 0) is 0 Å². The van der Waals surface area contributed by atoms with Crippen LogP contribution < -0.4 is 15.5 Å². The Morgan fingerprint density at radius 2 is 1.38 bits per heavy atom. The van der Waals surface area contributed by atoms with Gasteiger partial charge in [-0.05, 0) is 71.9 Å². The number of nitrogens with one attached hydrogen (secondary N) is 2. The number of benzene rings is 4. The maximum atomic E-state index is 6.12. The quantitative estimate of drug-likeness (QED) is 0.293. The third-order valence-corrected chi connectivity index (χ3v) is 6.02. The van der Waals surface area contributed by atoms with Gasteiger partial charge < -0.3 is 10.1 Å². The second-order valence-electron chi connectivity index (χ2n) is 7.79. The van der Waals surface area contributed by atoms with Gasteiger partial charge in [0.2, 0.25) is 0 Å². The van der Waals surface area contributed by atoms with Crippen LogP contribution in [0.25, 0.3) is 11.3 Å². The lowest BCUT2D eigenvalue weighted by molar-refractivity contribution is 0.440. The van der Waals surface area contributed by atoms with Gasteiger partial charge in [0.1, 0.15) is 11.5 Å². The molecule has 0 atom stereocenters. The Kier molecular flexibility index (Phi) is 6.47. The van der Waals surface area contributed by atoms with E-state index in [1.54, 1.807) is 0 Å². The Morgan fingerprint density at radius 3 is 2.06 bits per heavy atom. The normalized spacial score (nSPS) is 12.9. The van der Waals surface area contributed by atoms with Gasteiger partial charge in [0.15, 0.2) is 5.11 Å². The fraction of sp³-hybridized carbons (Fsp3) is 0.0357. The van der Waals surface area contributed by atoms with Gasteiger partial charge in [-0.3, -0.25) is 10.4 Å². The lowest BCUT2D eigenvalue weighted by Crippen LogP contribution is -2.40. The van der Waals surface area contributed by atoms with Crippen molar-refractivity contribution in [3.05, 3.63) is 125 Å². The highest BCUT2D eigenvalue weighted by atomic mass is 35.5. The maximum absolute atomic E-state index is 6.12. The first-order valence-electron chi connectivity index (χ1n) is 10.9. The lowest BCUT2D eigenvalue weighted by atomic mass is 10.0. The monoisotopic (exact) mass is 483 g/mol. The van der Waals surface area contributed by atoms with Gasteiger partial charge in [0.25, 0.3) is 0 Å². The van der Waals surface area contributed by atoms with Crippen molar-refractivity contribution in [3.8, 4) is 11.5 Å². The van der Waals surface area contributed by atoms with Crippen molar-refractivity contribution in [1.82, 2.24) is 10.4 Å². The molecule has 2 N–H and O–H groups in total. The fourth-order valence-corrected chi connectivity index (χ4v) is 4.11. The number of hydrazine groups is 1. The number of hydrogen-bond acceptors (Lipinski definition) is 3. The molecule has 0 radical (unpaired) electrons. The first-order chi connectivity index (χ1) is 16.7. The number of halogens is 1. The predicted molar refractivity (Wildman–Crippen MR) is 144 cm³/mol. The molecule has 0 saturated carbocycles. The summed E-state index contributed by atoms with van der Waals surface area (Å²) in [4.78, 5) is 0. The molecule has 0 bridgehead atoms. The van der Waals surface area contributed by atoms with E-state index in [0.29, 0.717) is 16.7 Å². The van der Waals surface area contributed by atoms with Crippen LogP contribution in [0, 0.1) is 0 Å². The fourth-order valence-electron chi connectivity index (χ4n) is 3.75. The topological polar surface area (TPSA) is 36.5 Å². The van der Waals surface area contributed by atoms with Crippen LogP contribution >= 0.6 is 23.8 Å². The van der Waals surface area contributed by atoms with E-state index in [0.717, 1.165) is 39.6 Å². The molecule has 0 aromatic heterocycles. The van der Waals surface area contributed by atoms with E-state index in [2.05, 4.69) is 22.9 Å². The molecule has 0 spiro atoms. The second-order valence-corrected chi connectivity index (χ2v) is 8.62. The van der Waals surface area contributed by atoms with Gasteiger partial charge in [0, 0.05) is 16.3 Å².